The number of hydrogen-bond acceptors (Lipinski definition) is 3. The zero-order chi connectivity index (χ0) is 18.7. The molecule has 2 aromatic rings. The molecule has 4 rings (SSSR count). The maximum absolute atomic E-state index is 12.9. The Morgan fingerprint density at radius 2 is 1.85 bits per heavy atom. The molecule has 0 unspecified atom stereocenters. The third-order valence-electron chi connectivity index (χ3n) is 6.09. The van der Waals surface area contributed by atoms with Crippen LogP contribution < -0.4 is 5.32 Å². The van der Waals surface area contributed by atoms with Crippen molar-refractivity contribution in [2.45, 2.75) is 32.1 Å². The van der Waals surface area contributed by atoms with E-state index in [9.17, 15) is 4.79 Å². The molecular formula is C23H29N3O. The number of nitrogens with one attached hydrogen (secondary N) is 1. The van der Waals surface area contributed by atoms with Crippen molar-refractivity contribution >= 4 is 5.91 Å². The first kappa shape index (κ1) is 18.2. The van der Waals surface area contributed by atoms with Crippen LogP contribution in [0, 0.1) is 11.3 Å². The van der Waals surface area contributed by atoms with Crippen LogP contribution in [-0.2, 0) is 11.2 Å². The molecule has 142 valence electrons. The van der Waals surface area contributed by atoms with Gasteiger partial charge in [0.1, 0.15) is 0 Å². The highest BCUT2D eigenvalue weighted by atomic mass is 16.2. The van der Waals surface area contributed by atoms with Gasteiger partial charge < -0.3 is 10.2 Å². The van der Waals surface area contributed by atoms with Gasteiger partial charge in [-0.3, -0.25) is 9.78 Å². The average molecular weight is 364 g/mol. The number of nitrogens with zero attached hydrogens (tertiary/aromatic N) is 2. The molecule has 0 bridgehead atoms. The highest BCUT2D eigenvalue weighted by Gasteiger charge is 2.42. The van der Waals surface area contributed by atoms with Crippen LogP contribution in [-0.4, -0.2) is 42.5 Å². The highest BCUT2D eigenvalue weighted by molar-refractivity contribution is 5.83. The Hall–Kier alpha value is -2.20. The normalized spacial score (nSPS) is 23.1. The molecule has 4 nitrogen and oxygen atoms in total. The van der Waals surface area contributed by atoms with Crippen LogP contribution in [0.15, 0.2) is 48.8 Å². The lowest BCUT2D eigenvalue weighted by molar-refractivity contribution is -0.134. The summed E-state index contributed by atoms with van der Waals surface area (Å²) in [5.74, 6) is 1.06. The van der Waals surface area contributed by atoms with E-state index in [1.54, 1.807) is 7.05 Å². The van der Waals surface area contributed by atoms with Crippen LogP contribution in [0.4, 0.5) is 0 Å². The fourth-order valence-corrected chi connectivity index (χ4v) is 4.47. The lowest BCUT2D eigenvalue weighted by Gasteiger charge is -2.42. The molecule has 27 heavy (non-hydrogen) atoms. The Balaban J connectivity index is 1.52. The molecule has 1 aromatic carbocycles. The quantitative estimate of drug-likeness (QED) is 0.854. The summed E-state index contributed by atoms with van der Waals surface area (Å²) >= 11 is 0. The first-order valence-corrected chi connectivity index (χ1v) is 10.1. The van der Waals surface area contributed by atoms with Gasteiger partial charge in [0, 0.05) is 32.5 Å². The van der Waals surface area contributed by atoms with Gasteiger partial charge in [-0.2, -0.15) is 0 Å². The molecule has 1 atom stereocenters. The predicted molar refractivity (Wildman–Crippen MR) is 108 cm³/mol. The van der Waals surface area contributed by atoms with Gasteiger partial charge in [0.15, 0.2) is 0 Å². The molecule has 1 saturated heterocycles. The van der Waals surface area contributed by atoms with Gasteiger partial charge in [0.2, 0.25) is 5.91 Å². The minimum Gasteiger partial charge on any atom is -0.359 e. The van der Waals surface area contributed by atoms with E-state index >= 15 is 0 Å². The Kier molecular flexibility index (Phi) is 5.26. The molecule has 1 saturated carbocycles. The lowest BCUT2D eigenvalue weighted by Crippen LogP contribution is -2.52. The van der Waals surface area contributed by atoms with E-state index in [0.717, 1.165) is 38.3 Å². The van der Waals surface area contributed by atoms with Crippen molar-refractivity contribution in [3.8, 4) is 11.1 Å². The zero-order valence-corrected chi connectivity index (χ0v) is 16.2. The van der Waals surface area contributed by atoms with Crippen LogP contribution in [0.1, 0.15) is 31.2 Å². The molecule has 0 radical (unpaired) electrons. The number of pyridine rings is 1. The van der Waals surface area contributed by atoms with E-state index < -0.39 is 0 Å². The van der Waals surface area contributed by atoms with Gasteiger partial charge in [-0.15, -0.1) is 0 Å². The van der Waals surface area contributed by atoms with E-state index in [4.69, 9.17) is 0 Å². The monoisotopic (exact) mass is 363 g/mol. The molecule has 2 aliphatic rings. The van der Waals surface area contributed by atoms with Crippen LogP contribution in [0.3, 0.4) is 0 Å². The van der Waals surface area contributed by atoms with E-state index in [1.807, 2.05) is 24.5 Å². The Morgan fingerprint density at radius 3 is 2.52 bits per heavy atom. The molecule has 1 aromatic heterocycles. The van der Waals surface area contributed by atoms with E-state index in [0.29, 0.717) is 0 Å². The van der Waals surface area contributed by atoms with Crippen molar-refractivity contribution in [1.29, 1.82) is 0 Å². The summed E-state index contributed by atoms with van der Waals surface area (Å²) in [4.78, 5) is 19.5. The second-order valence-corrected chi connectivity index (χ2v) is 8.25. The molecule has 1 aliphatic heterocycles. The first-order valence-electron chi connectivity index (χ1n) is 10.1. The van der Waals surface area contributed by atoms with Crippen molar-refractivity contribution < 1.29 is 4.79 Å². The summed E-state index contributed by atoms with van der Waals surface area (Å²) in [6, 6.07) is 12.7. The van der Waals surface area contributed by atoms with Gasteiger partial charge in [-0.1, -0.05) is 24.3 Å². The Bertz CT molecular complexity index is 770. The summed E-state index contributed by atoms with van der Waals surface area (Å²) in [7, 11) is 1.77. The number of benzene rings is 1. The predicted octanol–water partition coefficient (Wildman–Crippen LogP) is 3.53. The SMILES string of the molecule is CNC(=O)[C@@]1(Cc2ccc(-c3ccncc3)cc2)CCCN(CC2CC2)C1. The first-order chi connectivity index (χ1) is 13.2. The van der Waals surface area contributed by atoms with Gasteiger partial charge in [-0.25, -0.2) is 0 Å². The minimum atomic E-state index is -0.305. The molecule has 1 N–H and O–H groups in total. The maximum Gasteiger partial charge on any atom is 0.227 e. The van der Waals surface area contributed by atoms with E-state index in [1.165, 1.54) is 36.1 Å². The minimum absolute atomic E-state index is 0.196. The summed E-state index contributed by atoms with van der Waals surface area (Å²) < 4.78 is 0. The number of carbonyl (C=O) groups excluding carboxylic acids is 1. The third-order valence-corrected chi connectivity index (χ3v) is 6.09. The fourth-order valence-electron chi connectivity index (χ4n) is 4.47. The molecule has 2 heterocycles. The Labute approximate surface area is 162 Å². The maximum atomic E-state index is 12.9. The molecule has 1 amide bonds. The number of aromatic nitrogens is 1. The number of likely N-dealkylation sites (tertiary alicyclic amines) is 1. The third kappa shape index (κ3) is 4.22. The van der Waals surface area contributed by atoms with Crippen molar-refractivity contribution in [3.05, 3.63) is 54.4 Å². The fraction of sp³-hybridized carbons (Fsp3) is 0.478. The second-order valence-electron chi connectivity index (χ2n) is 8.25. The number of piperidine rings is 1. The standard InChI is InChI=1S/C23H29N3O/c1-24-22(27)23(11-2-14-26(17-23)16-19-3-4-19)15-18-5-7-20(8-6-18)21-9-12-25-13-10-21/h5-10,12-13,19H,2-4,11,14-17H2,1H3,(H,24,27)/t23-/m1/s1. The molecule has 4 heteroatoms. The summed E-state index contributed by atoms with van der Waals surface area (Å²) in [5, 5.41) is 2.95. The number of amides is 1. The summed E-state index contributed by atoms with van der Waals surface area (Å²) in [6.07, 6.45) is 9.25. The smallest absolute Gasteiger partial charge is 0.227 e. The topological polar surface area (TPSA) is 45.2 Å². The van der Waals surface area contributed by atoms with Gasteiger partial charge in [0.25, 0.3) is 0 Å². The van der Waals surface area contributed by atoms with Crippen molar-refractivity contribution in [2.75, 3.05) is 26.7 Å². The van der Waals surface area contributed by atoms with Crippen LogP contribution in [0.2, 0.25) is 0 Å². The number of rotatable bonds is 6. The van der Waals surface area contributed by atoms with Gasteiger partial charge in [-0.05, 0) is 73.4 Å². The molecular weight excluding hydrogens is 334 g/mol. The van der Waals surface area contributed by atoms with E-state index in [2.05, 4.69) is 39.5 Å². The largest absolute Gasteiger partial charge is 0.359 e. The lowest BCUT2D eigenvalue weighted by atomic mass is 9.74. The summed E-state index contributed by atoms with van der Waals surface area (Å²) in [6.45, 7) is 3.19. The average Bonchev–Trinajstić information content (AvgIpc) is 3.53. The van der Waals surface area contributed by atoms with Crippen molar-refractivity contribution in [3.63, 3.8) is 0 Å². The van der Waals surface area contributed by atoms with Crippen LogP contribution in [0.25, 0.3) is 11.1 Å². The summed E-state index contributed by atoms with van der Waals surface area (Å²) in [5.41, 5.74) is 3.30. The highest BCUT2D eigenvalue weighted by Crippen LogP contribution is 2.37. The Morgan fingerprint density at radius 1 is 1.15 bits per heavy atom. The molecule has 1 aliphatic carbocycles. The van der Waals surface area contributed by atoms with Crippen molar-refractivity contribution in [1.82, 2.24) is 15.2 Å². The molecule has 2 fully saturated rings. The van der Waals surface area contributed by atoms with Crippen LogP contribution >= 0.6 is 0 Å². The van der Waals surface area contributed by atoms with Gasteiger partial charge >= 0.3 is 0 Å². The van der Waals surface area contributed by atoms with Crippen molar-refractivity contribution in [2.24, 2.45) is 11.3 Å². The number of hydrogen-bond donors (Lipinski definition) is 1. The zero-order valence-electron chi connectivity index (χ0n) is 16.2. The number of carbonyl (C=O) groups is 1. The van der Waals surface area contributed by atoms with Crippen LogP contribution in [0.5, 0.6) is 0 Å². The second kappa shape index (κ2) is 7.81. The van der Waals surface area contributed by atoms with E-state index in [-0.39, 0.29) is 11.3 Å². The molecule has 0 spiro atoms. The van der Waals surface area contributed by atoms with Gasteiger partial charge in [0.05, 0.1) is 5.41 Å².